The molecule has 0 heterocycles. The fourth-order valence-corrected chi connectivity index (χ4v) is 2.18. The van der Waals surface area contributed by atoms with Crippen molar-refractivity contribution in [3.63, 3.8) is 0 Å². The van der Waals surface area contributed by atoms with E-state index in [1.165, 1.54) is 6.07 Å². The van der Waals surface area contributed by atoms with Gasteiger partial charge < -0.3 is 10.6 Å². The molecule has 0 bridgehead atoms. The lowest BCUT2D eigenvalue weighted by molar-refractivity contribution is 0.262. The van der Waals surface area contributed by atoms with Crippen molar-refractivity contribution < 1.29 is 9.18 Å². The highest BCUT2D eigenvalue weighted by molar-refractivity contribution is 7.98. The van der Waals surface area contributed by atoms with Crippen LogP contribution in [0.4, 0.5) is 20.6 Å². The topological polar surface area (TPSA) is 41.1 Å². The van der Waals surface area contributed by atoms with Crippen LogP contribution >= 0.6 is 11.8 Å². The van der Waals surface area contributed by atoms with Gasteiger partial charge in [0.15, 0.2) is 0 Å². The minimum Gasteiger partial charge on any atom is -0.308 e. The van der Waals surface area contributed by atoms with Gasteiger partial charge in [0.1, 0.15) is 5.82 Å². The molecule has 2 rings (SSSR count). The Morgan fingerprint density at radius 2 is 1.95 bits per heavy atom. The van der Waals surface area contributed by atoms with E-state index in [9.17, 15) is 9.18 Å². The lowest BCUT2D eigenvalue weighted by atomic mass is 10.2. The lowest BCUT2D eigenvalue weighted by Crippen LogP contribution is -2.20. The summed E-state index contributed by atoms with van der Waals surface area (Å²) in [5.41, 5.74) is 1.72. The van der Waals surface area contributed by atoms with Gasteiger partial charge in [-0.15, -0.1) is 11.8 Å². The quantitative estimate of drug-likeness (QED) is 0.817. The van der Waals surface area contributed by atoms with E-state index in [0.29, 0.717) is 5.69 Å². The van der Waals surface area contributed by atoms with Gasteiger partial charge in [0, 0.05) is 10.6 Å². The molecule has 0 unspecified atom stereocenters. The van der Waals surface area contributed by atoms with Gasteiger partial charge in [-0.25, -0.2) is 9.18 Å². The molecule has 0 aliphatic carbocycles. The standard InChI is InChI=1S/C15H15FN2OS/c1-10-6-7-13(16)14(8-10)18-15(19)17-11-4-3-5-12(9-11)20-2/h3-9H,1-2H3,(H2,17,18,19). The second-order valence-corrected chi connectivity index (χ2v) is 5.17. The molecule has 0 spiro atoms. The van der Waals surface area contributed by atoms with Crippen LogP contribution in [-0.4, -0.2) is 12.3 Å². The van der Waals surface area contributed by atoms with Crippen molar-refractivity contribution in [2.45, 2.75) is 11.8 Å². The largest absolute Gasteiger partial charge is 0.323 e. The Morgan fingerprint density at radius 3 is 2.70 bits per heavy atom. The Labute approximate surface area is 121 Å². The van der Waals surface area contributed by atoms with E-state index in [0.717, 1.165) is 10.5 Å². The normalized spacial score (nSPS) is 10.2. The highest BCUT2D eigenvalue weighted by atomic mass is 32.2. The number of benzene rings is 2. The van der Waals surface area contributed by atoms with Crippen LogP contribution < -0.4 is 10.6 Å². The van der Waals surface area contributed by atoms with Gasteiger partial charge in [0.25, 0.3) is 0 Å². The maximum atomic E-state index is 13.5. The Kier molecular flexibility index (Phi) is 4.63. The summed E-state index contributed by atoms with van der Waals surface area (Å²) in [5.74, 6) is -0.455. The molecule has 104 valence electrons. The molecule has 0 aliphatic rings. The number of hydrogen-bond donors (Lipinski definition) is 2. The average molecular weight is 290 g/mol. The third-order valence-electron chi connectivity index (χ3n) is 2.70. The fraction of sp³-hybridized carbons (Fsp3) is 0.133. The van der Waals surface area contributed by atoms with Crippen molar-refractivity contribution in [3.8, 4) is 0 Å². The van der Waals surface area contributed by atoms with Crippen LogP contribution in [0.5, 0.6) is 0 Å². The summed E-state index contributed by atoms with van der Waals surface area (Å²) in [7, 11) is 0. The first-order valence-electron chi connectivity index (χ1n) is 6.06. The molecule has 2 aromatic rings. The molecule has 3 nitrogen and oxygen atoms in total. The zero-order valence-electron chi connectivity index (χ0n) is 11.2. The molecule has 2 aromatic carbocycles. The monoisotopic (exact) mass is 290 g/mol. The van der Waals surface area contributed by atoms with E-state index in [2.05, 4.69) is 10.6 Å². The molecular formula is C15H15FN2OS. The van der Waals surface area contributed by atoms with Crippen LogP contribution in [-0.2, 0) is 0 Å². The molecule has 0 saturated heterocycles. The number of carbonyl (C=O) groups is 1. The Hall–Kier alpha value is -2.01. The van der Waals surface area contributed by atoms with E-state index in [-0.39, 0.29) is 5.69 Å². The van der Waals surface area contributed by atoms with Gasteiger partial charge >= 0.3 is 6.03 Å². The van der Waals surface area contributed by atoms with Crippen LogP contribution in [0, 0.1) is 12.7 Å². The number of hydrogen-bond acceptors (Lipinski definition) is 2. The molecule has 20 heavy (non-hydrogen) atoms. The lowest BCUT2D eigenvalue weighted by Gasteiger charge is -2.09. The number of carbonyl (C=O) groups excluding carboxylic acids is 1. The fourth-order valence-electron chi connectivity index (χ4n) is 1.72. The third kappa shape index (κ3) is 3.74. The molecule has 2 N–H and O–H groups in total. The number of amides is 2. The van der Waals surface area contributed by atoms with E-state index >= 15 is 0 Å². The first-order chi connectivity index (χ1) is 9.58. The predicted octanol–water partition coefficient (Wildman–Crippen LogP) is 4.50. The molecule has 5 heteroatoms. The summed E-state index contributed by atoms with van der Waals surface area (Å²) >= 11 is 1.59. The first kappa shape index (κ1) is 14.4. The van der Waals surface area contributed by atoms with Gasteiger partial charge in [0.05, 0.1) is 5.69 Å². The number of aryl methyl sites for hydroxylation is 1. The van der Waals surface area contributed by atoms with Gasteiger partial charge in [-0.3, -0.25) is 0 Å². The molecule has 0 aromatic heterocycles. The van der Waals surface area contributed by atoms with Crippen LogP contribution in [0.1, 0.15) is 5.56 Å². The first-order valence-corrected chi connectivity index (χ1v) is 7.29. The van der Waals surface area contributed by atoms with E-state index in [4.69, 9.17) is 0 Å². The number of thioether (sulfide) groups is 1. The van der Waals surface area contributed by atoms with E-state index < -0.39 is 11.8 Å². The number of urea groups is 1. The zero-order valence-corrected chi connectivity index (χ0v) is 12.1. The third-order valence-corrected chi connectivity index (χ3v) is 3.42. The molecule has 0 aliphatic heterocycles. The minimum atomic E-state index is -0.465. The maximum Gasteiger partial charge on any atom is 0.323 e. The highest BCUT2D eigenvalue weighted by Crippen LogP contribution is 2.20. The summed E-state index contributed by atoms with van der Waals surface area (Å²) in [4.78, 5) is 12.9. The van der Waals surface area contributed by atoms with E-state index in [1.54, 1.807) is 30.0 Å². The smallest absolute Gasteiger partial charge is 0.308 e. The number of anilines is 2. The molecule has 0 fully saturated rings. The second-order valence-electron chi connectivity index (χ2n) is 4.29. The van der Waals surface area contributed by atoms with Gasteiger partial charge in [-0.2, -0.15) is 0 Å². The van der Waals surface area contributed by atoms with Crippen LogP contribution in [0.3, 0.4) is 0 Å². The second kappa shape index (κ2) is 6.43. The van der Waals surface area contributed by atoms with Crippen molar-refractivity contribution in [3.05, 3.63) is 53.8 Å². The maximum absolute atomic E-state index is 13.5. The Balaban J connectivity index is 2.07. The van der Waals surface area contributed by atoms with Crippen molar-refractivity contribution in [1.82, 2.24) is 0 Å². The molecule has 0 saturated carbocycles. The Morgan fingerprint density at radius 1 is 1.15 bits per heavy atom. The summed E-state index contributed by atoms with van der Waals surface area (Å²) < 4.78 is 13.5. The summed E-state index contributed by atoms with van der Waals surface area (Å²) in [6.07, 6.45) is 1.96. The molecule has 2 amide bonds. The SMILES string of the molecule is CSc1cccc(NC(=O)Nc2cc(C)ccc2F)c1. The Bertz CT molecular complexity index is 631. The molecule has 0 radical (unpaired) electrons. The minimum absolute atomic E-state index is 0.170. The van der Waals surface area contributed by atoms with Gasteiger partial charge in [-0.1, -0.05) is 12.1 Å². The van der Waals surface area contributed by atoms with Gasteiger partial charge in [0.2, 0.25) is 0 Å². The number of rotatable bonds is 3. The van der Waals surface area contributed by atoms with Gasteiger partial charge in [-0.05, 0) is 49.1 Å². The van der Waals surface area contributed by atoms with Crippen LogP contribution in [0.15, 0.2) is 47.4 Å². The van der Waals surface area contributed by atoms with Crippen molar-refractivity contribution in [1.29, 1.82) is 0 Å². The number of nitrogens with one attached hydrogen (secondary N) is 2. The highest BCUT2D eigenvalue weighted by Gasteiger charge is 2.07. The van der Waals surface area contributed by atoms with Crippen molar-refractivity contribution in [2.24, 2.45) is 0 Å². The van der Waals surface area contributed by atoms with Crippen LogP contribution in [0.2, 0.25) is 0 Å². The van der Waals surface area contributed by atoms with Crippen molar-refractivity contribution in [2.75, 3.05) is 16.9 Å². The summed E-state index contributed by atoms with van der Waals surface area (Å²) in [5, 5.41) is 5.19. The van der Waals surface area contributed by atoms with Crippen LogP contribution in [0.25, 0.3) is 0 Å². The average Bonchev–Trinajstić information content (AvgIpc) is 2.43. The summed E-state index contributed by atoms with van der Waals surface area (Å²) in [6, 6.07) is 11.6. The molecular weight excluding hydrogens is 275 g/mol. The van der Waals surface area contributed by atoms with E-state index in [1.807, 2.05) is 31.4 Å². The summed E-state index contributed by atoms with van der Waals surface area (Å²) in [6.45, 7) is 1.84. The predicted molar refractivity (Wildman–Crippen MR) is 82.0 cm³/mol. The molecule has 0 atom stereocenters. The number of halogens is 1. The zero-order chi connectivity index (χ0) is 14.5. The van der Waals surface area contributed by atoms with Crippen molar-refractivity contribution >= 4 is 29.2 Å².